The van der Waals surface area contributed by atoms with Crippen LogP contribution in [-0.2, 0) is 11.3 Å². The van der Waals surface area contributed by atoms with Gasteiger partial charge in [-0.2, -0.15) is 0 Å². The van der Waals surface area contributed by atoms with E-state index in [1.54, 1.807) is 0 Å². The molecule has 0 radical (unpaired) electrons. The predicted octanol–water partition coefficient (Wildman–Crippen LogP) is 1.22. The summed E-state index contributed by atoms with van der Waals surface area (Å²) in [5, 5.41) is 5.71. The van der Waals surface area contributed by atoms with Crippen molar-refractivity contribution in [3.05, 3.63) is 23.8 Å². The van der Waals surface area contributed by atoms with Gasteiger partial charge in [0.25, 0.3) is 0 Å². The number of carbonyl (C=O) groups is 2. The lowest BCUT2D eigenvalue weighted by Gasteiger charge is -2.17. The number of amides is 3. The molecule has 1 aromatic rings. The highest BCUT2D eigenvalue weighted by Crippen LogP contribution is 2.37. The van der Waals surface area contributed by atoms with Gasteiger partial charge in [-0.05, 0) is 30.0 Å². The molecule has 2 fully saturated rings. The second-order valence-electron chi connectivity index (χ2n) is 6.74. The van der Waals surface area contributed by atoms with Gasteiger partial charge in [0.2, 0.25) is 12.7 Å². The van der Waals surface area contributed by atoms with E-state index >= 15 is 0 Å². The lowest BCUT2D eigenvalue weighted by molar-refractivity contribution is -0.128. The van der Waals surface area contributed by atoms with Crippen molar-refractivity contribution in [2.45, 2.75) is 38.4 Å². The number of urea groups is 1. The first kappa shape index (κ1) is 15.1. The monoisotopic (exact) mass is 331 g/mol. The molecule has 1 aromatic carbocycles. The van der Waals surface area contributed by atoms with E-state index in [0.717, 1.165) is 17.7 Å². The highest BCUT2D eigenvalue weighted by atomic mass is 16.7. The Bertz CT molecular complexity index is 678. The van der Waals surface area contributed by atoms with Crippen LogP contribution in [0.5, 0.6) is 11.5 Å². The molecule has 1 aliphatic carbocycles. The van der Waals surface area contributed by atoms with Crippen LogP contribution < -0.4 is 20.1 Å². The van der Waals surface area contributed by atoms with E-state index in [2.05, 4.69) is 17.6 Å². The van der Waals surface area contributed by atoms with Crippen molar-refractivity contribution in [2.75, 3.05) is 13.3 Å². The van der Waals surface area contributed by atoms with Gasteiger partial charge in [0.15, 0.2) is 11.5 Å². The number of fused-ring (bicyclic) bond motifs is 1. The summed E-state index contributed by atoms with van der Waals surface area (Å²) in [6.45, 7) is 3.40. The molecule has 1 saturated heterocycles. The van der Waals surface area contributed by atoms with Gasteiger partial charge in [0, 0.05) is 25.6 Å². The van der Waals surface area contributed by atoms with E-state index in [1.807, 2.05) is 23.1 Å². The zero-order valence-electron chi connectivity index (χ0n) is 13.6. The fourth-order valence-electron chi connectivity index (χ4n) is 3.36. The van der Waals surface area contributed by atoms with Crippen molar-refractivity contribution in [1.82, 2.24) is 15.5 Å². The molecule has 0 aromatic heterocycles. The smallest absolute Gasteiger partial charge is 0.315 e. The number of carbonyl (C=O) groups excluding carboxylic acids is 2. The molecule has 0 unspecified atom stereocenters. The normalized spacial score (nSPS) is 27.3. The van der Waals surface area contributed by atoms with Crippen molar-refractivity contribution in [1.29, 1.82) is 0 Å². The maximum atomic E-state index is 12.1. The first-order chi connectivity index (χ1) is 11.6. The third kappa shape index (κ3) is 2.98. The first-order valence-electron chi connectivity index (χ1n) is 8.32. The molecule has 3 amide bonds. The van der Waals surface area contributed by atoms with Crippen molar-refractivity contribution >= 4 is 11.9 Å². The molecular weight excluding hydrogens is 310 g/mol. The van der Waals surface area contributed by atoms with Gasteiger partial charge in [-0.15, -0.1) is 0 Å². The van der Waals surface area contributed by atoms with Crippen molar-refractivity contribution in [3.63, 3.8) is 0 Å². The van der Waals surface area contributed by atoms with Crippen LogP contribution in [0.3, 0.4) is 0 Å². The number of hydrogen-bond donors (Lipinski definition) is 2. The summed E-state index contributed by atoms with van der Waals surface area (Å²) in [5.41, 5.74) is 0.935. The molecule has 2 heterocycles. The predicted molar refractivity (Wildman–Crippen MR) is 85.6 cm³/mol. The lowest BCUT2D eigenvalue weighted by Crippen LogP contribution is -2.43. The Labute approximate surface area is 140 Å². The average molecular weight is 331 g/mol. The van der Waals surface area contributed by atoms with Gasteiger partial charge in [-0.1, -0.05) is 13.0 Å². The van der Waals surface area contributed by atoms with Crippen molar-refractivity contribution < 1.29 is 19.1 Å². The fourth-order valence-corrected chi connectivity index (χ4v) is 3.36. The van der Waals surface area contributed by atoms with Gasteiger partial charge in [-0.25, -0.2) is 4.79 Å². The van der Waals surface area contributed by atoms with Crippen LogP contribution in [0.15, 0.2) is 18.2 Å². The molecule has 3 atom stereocenters. The summed E-state index contributed by atoms with van der Waals surface area (Å²) in [5.74, 6) is 2.16. The molecule has 7 heteroatoms. The summed E-state index contributed by atoms with van der Waals surface area (Å²) in [6.07, 6.45) is 1.47. The van der Waals surface area contributed by atoms with Crippen LogP contribution in [0, 0.1) is 5.92 Å². The highest BCUT2D eigenvalue weighted by Gasteiger charge is 2.44. The molecule has 7 nitrogen and oxygen atoms in total. The largest absolute Gasteiger partial charge is 0.454 e. The standard InChI is InChI=1S/C17H21N3O4/c1-10-4-13(10)20-8-12(6-16(20)21)19-17(22)18-7-11-2-3-14-15(5-11)24-9-23-14/h2-3,5,10,12-13H,4,6-9H2,1H3,(H2,18,19,22)/t10-,12-,13-/m1/s1. The highest BCUT2D eigenvalue weighted by molar-refractivity contribution is 5.82. The van der Waals surface area contributed by atoms with Gasteiger partial charge in [0.05, 0.1) is 6.04 Å². The second-order valence-corrected chi connectivity index (χ2v) is 6.74. The Hall–Kier alpha value is -2.44. The van der Waals surface area contributed by atoms with E-state index < -0.39 is 0 Å². The zero-order chi connectivity index (χ0) is 16.7. The molecule has 0 spiro atoms. The van der Waals surface area contributed by atoms with E-state index in [9.17, 15) is 9.59 Å². The minimum atomic E-state index is -0.254. The van der Waals surface area contributed by atoms with E-state index in [1.165, 1.54) is 0 Å². The average Bonchev–Trinajstić information content (AvgIpc) is 2.96. The molecule has 128 valence electrons. The minimum absolute atomic E-state index is 0.109. The molecule has 1 saturated carbocycles. The summed E-state index contributed by atoms with van der Waals surface area (Å²) < 4.78 is 10.6. The first-order valence-corrected chi connectivity index (χ1v) is 8.32. The topological polar surface area (TPSA) is 79.9 Å². The molecule has 2 N–H and O–H groups in total. The Morgan fingerprint density at radius 2 is 2.12 bits per heavy atom. The van der Waals surface area contributed by atoms with Crippen LogP contribution in [0.2, 0.25) is 0 Å². The Morgan fingerprint density at radius 3 is 2.92 bits per heavy atom. The number of rotatable bonds is 4. The van der Waals surface area contributed by atoms with E-state index in [-0.39, 0.29) is 24.8 Å². The molecule has 3 aliphatic rings. The van der Waals surface area contributed by atoms with Crippen LogP contribution in [0.4, 0.5) is 4.79 Å². The molecule has 24 heavy (non-hydrogen) atoms. The van der Waals surface area contributed by atoms with E-state index in [0.29, 0.717) is 37.2 Å². The van der Waals surface area contributed by atoms with Crippen LogP contribution in [0.1, 0.15) is 25.3 Å². The maximum Gasteiger partial charge on any atom is 0.315 e. The minimum Gasteiger partial charge on any atom is -0.454 e. The van der Waals surface area contributed by atoms with Crippen LogP contribution in [0.25, 0.3) is 0 Å². The summed E-state index contributed by atoms with van der Waals surface area (Å²) in [6, 6.07) is 5.60. The number of ether oxygens (including phenoxy) is 2. The third-order valence-electron chi connectivity index (χ3n) is 4.85. The molecule has 2 aliphatic heterocycles. The van der Waals surface area contributed by atoms with Gasteiger partial charge >= 0.3 is 6.03 Å². The van der Waals surface area contributed by atoms with Gasteiger partial charge in [0.1, 0.15) is 0 Å². The van der Waals surface area contributed by atoms with E-state index in [4.69, 9.17) is 9.47 Å². The Kier molecular flexibility index (Phi) is 3.70. The van der Waals surface area contributed by atoms with Gasteiger partial charge in [-0.3, -0.25) is 4.79 Å². The lowest BCUT2D eigenvalue weighted by atomic mass is 10.2. The van der Waals surface area contributed by atoms with Crippen molar-refractivity contribution in [2.24, 2.45) is 5.92 Å². The number of nitrogens with one attached hydrogen (secondary N) is 2. The fraction of sp³-hybridized carbons (Fsp3) is 0.529. The SMILES string of the molecule is C[C@@H]1C[C@H]1N1C[C@H](NC(=O)NCc2ccc3c(c2)OCO3)CC1=O. The van der Waals surface area contributed by atoms with Crippen LogP contribution >= 0.6 is 0 Å². The summed E-state index contributed by atoms with van der Waals surface area (Å²) in [7, 11) is 0. The quantitative estimate of drug-likeness (QED) is 0.869. The summed E-state index contributed by atoms with van der Waals surface area (Å²) in [4.78, 5) is 26.0. The van der Waals surface area contributed by atoms with Crippen LogP contribution in [-0.4, -0.2) is 42.3 Å². The Morgan fingerprint density at radius 1 is 1.33 bits per heavy atom. The third-order valence-corrected chi connectivity index (χ3v) is 4.85. The molecule has 0 bridgehead atoms. The van der Waals surface area contributed by atoms with Gasteiger partial charge < -0.3 is 25.0 Å². The zero-order valence-corrected chi connectivity index (χ0v) is 13.6. The molecular formula is C17H21N3O4. The number of benzene rings is 1. The number of nitrogens with zero attached hydrogens (tertiary/aromatic N) is 1. The number of likely N-dealkylation sites (tertiary alicyclic amines) is 1. The van der Waals surface area contributed by atoms with Crippen molar-refractivity contribution in [3.8, 4) is 11.5 Å². The second kappa shape index (κ2) is 5.89. The summed E-state index contributed by atoms with van der Waals surface area (Å²) >= 11 is 0. The molecule has 4 rings (SSSR count). The number of hydrogen-bond acceptors (Lipinski definition) is 4. The Balaban J connectivity index is 1.26. The maximum absolute atomic E-state index is 12.1.